The Balaban J connectivity index is 2.31. The van der Waals surface area contributed by atoms with Crippen LogP contribution in [0.15, 0.2) is 56.4 Å². The van der Waals surface area contributed by atoms with E-state index in [0.717, 1.165) is 21.1 Å². The lowest BCUT2D eigenvalue weighted by Gasteiger charge is -2.13. The van der Waals surface area contributed by atoms with Gasteiger partial charge in [0, 0.05) is 14.9 Å². The Kier molecular flexibility index (Phi) is 5.59. The number of halogens is 2. The minimum Gasteiger partial charge on any atom is -0.387 e. The van der Waals surface area contributed by atoms with Crippen molar-refractivity contribution in [2.45, 2.75) is 26.2 Å². The summed E-state index contributed by atoms with van der Waals surface area (Å²) in [5, 5.41) is 0. The molecule has 1 atom stereocenters. The predicted octanol–water partition coefficient (Wildman–Crippen LogP) is 5.57. The lowest BCUT2D eigenvalue weighted by Crippen LogP contribution is -2.19. The molecule has 0 saturated heterocycles. The zero-order chi connectivity index (χ0) is 15.4. The van der Waals surface area contributed by atoms with E-state index in [9.17, 15) is 0 Å². The number of aliphatic imine (C=N–C) groups is 1. The molecule has 0 radical (unpaired) electrons. The van der Waals surface area contributed by atoms with Crippen molar-refractivity contribution in [2.75, 3.05) is 0 Å². The summed E-state index contributed by atoms with van der Waals surface area (Å²) in [6.45, 7) is 4.24. The molecule has 2 nitrogen and oxygen atoms in total. The van der Waals surface area contributed by atoms with Crippen molar-refractivity contribution in [3.8, 4) is 0 Å². The first-order valence-corrected chi connectivity index (χ1v) is 8.47. The molecule has 0 aliphatic heterocycles. The molecule has 2 rings (SSSR count). The van der Waals surface area contributed by atoms with Crippen LogP contribution < -0.4 is 5.73 Å². The number of rotatable bonds is 4. The van der Waals surface area contributed by atoms with Crippen LogP contribution in [0.4, 0.5) is 5.69 Å². The van der Waals surface area contributed by atoms with Gasteiger partial charge in [-0.05, 0) is 51.7 Å². The van der Waals surface area contributed by atoms with Crippen molar-refractivity contribution in [2.24, 2.45) is 10.7 Å². The van der Waals surface area contributed by atoms with Gasteiger partial charge < -0.3 is 5.73 Å². The van der Waals surface area contributed by atoms with Crippen molar-refractivity contribution in [1.29, 1.82) is 0 Å². The highest BCUT2D eigenvalue weighted by Gasteiger charge is 2.11. The van der Waals surface area contributed by atoms with E-state index in [4.69, 9.17) is 5.73 Å². The van der Waals surface area contributed by atoms with Gasteiger partial charge in [-0.3, -0.25) is 0 Å². The van der Waals surface area contributed by atoms with E-state index in [-0.39, 0.29) is 5.92 Å². The summed E-state index contributed by atoms with van der Waals surface area (Å²) in [5.74, 6) is 0.699. The summed E-state index contributed by atoms with van der Waals surface area (Å²) >= 11 is 6.96. The van der Waals surface area contributed by atoms with Crippen molar-refractivity contribution in [3.05, 3.63) is 62.5 Å². The van der Waals surface area contributed by atoms with Crippen LogP contribution in [0.5, 0.6) is 0 Å². The molecule has 4 heteroatoms. The molecule has 0 saturated carbocycles. The standard InChI is InChI=1S/C17H18Br2N2/c1-3-12-5-4-6-13(9-12)11(2)17(20)21-16-10-14(18)7-8-15(16)19/h4-11H,3H2,1-2H3,(H2,20,21). The maximum atomic E-state index is 6.21. The monoisotopic (exact) mass is 408 g/mol. The highest BCUT2D eigenvalue weighted by Crippen LogP contribution is 2.30. The lowest BCUT2D eigenvalue weighted by molar-refractivity contribution is 0.990. The zero-order valence-electron chi connectivity index (χ0n) is 12.1. The van der Waals surface area contributed by atoms with Crippen LogP contribution in [-0.2, 0) is 6.42 Å². The van der Waals surface area contributed by atoms with E-state index in [0.29, 0.717) is 5.84 Å². The van der Waals surface area contributed by atoms with Gasteiger partial charge in [0.05, 0.1) is 5.69 Å². The van der Waals surface area contributed by atoms with Crippen LogP contribution in [0, 0.1) is 0 Å². The number of hydrogen-bond acceptors (Lipinski definition) is 1. The molecule has 0 aliphatic carbocycles. The third kappa shape index (κ3) is 4.17. The second-order valence-electron chi connectivity index (χ2n) is 4.95. The van der Waals surface area contributed by atoms with Gasteiger partial charge >= 0.3 is 0 Å². The molecule has 110 valence electrons. The Bertz CT molecular complexity index is 666. The SMILES string of the molecule is CCc1cccc(C(C)C(N)=Nc2cc(Br)ccc2Br)c1. The molecule has 1 unspecified atom stereocenters. The fourth-order valence-electron chi connectivity index (χ4n) is 2.06. The van der Waals surface area contributed by atoms with Gasteiger partial charge in [-0.1, -0.05) is 54.0 Å². The summed E-state index contributed by atoms with van der Waals surface area (Å²) in [6.07, 6.45) is 1.02. The van der Waals surface area contributed by atoms with Crippen LogP contribution in [0.2, 0.25) is 0 Å². The summed E-state index contributed by atoms with van der Waals surface area (Å²) in [7, 11) is 0. The maximum Gasteiger partial charge on any atom is 0.107 e. The summed E-state index contributed by atoms with van der Waals surface area (Å²) < 4.78 is 1.92. The van der Waals surface area contributed by atoms with E-state index in [1.165, 1.54) is 11.1 Å². The highest BCUT2D eigenvalue weighted by molar-refractivity contribution is 9.11. The molecule has 2 N–H and O–H groups in total. The first-order chi connectivity index (χ1) is 10.0. The van der Waals surface area contributed by atoms with Crippen LogP contribution in [0.25, 0.3) is 0 Å². The second kappa shape index (κ2) is 7.23. The molecule has 0 aromatic heterocycles. The van der Waals surface area contributed by atoms with Gasteiger partial charge in [0.1, 0.15) is 5.84 Å². The van der Waals surface area contributed by atoms with Crippen molar-refractivity contribution in [3.63, 3.8) is 0 Å². The van der Waals surface area contributed by atoms with Crippen LogP contribution >= 0.6 is 31.9 Å². The molecule has 0 amide bonds. The molecule has 0 heterocycles. The first-order valence-electron chi connectivity index (χ1n) is 6.89. The van der Waals surface area contributed by atoms with Gasteiger partial charge in [0.25, 0.3) is 0 Å². The van der Waals surface area contributed by atoms with Gasteiger partial charge in [-0.15, -0.1) is 0 Å². The van der Waals surface area contributed by atoms with Crippen molar-refractivity contribution in [1.82, 2.24) is 0 Å². The third-order valence-corrected chi connectivity index (χ3v) is 4.62. The third-order valence-electron chi connectivity index (χ3n) is 3.46. The smallest absolute Gasteiger partial charge is 0.107 e. The molecule has 2 aromatic rings. The molecular formula is C17H18Br2N2. The van der Waals surface area contributed by atoms with Gasteiger partial charge in [0.15, 0.2) is 0 Å². The second-order valence-corrected chi connectivity index (χ2v) is 6.72. The Morgan fingerprint density at radius 2 is 1.95 bits per heavy atom. The first kappa shape index (κ1) is 16.2. The summed E-state index contributed by atoms with van der Waals surface area (Å²) in [4.78, 5) is 4.57. The number of benzene rings is 2. The molecule has 21 heavy (non-hydrogen) atoms. The van der Waals surface area contributed by atoms with Crippen LogP contribution in [0.1, 0.15) is 30.9 Å². The average molecular weight is 410 g/mol. The van der Waals surface area contributed by atoms with Crippen molar-refractivity contribution < 1.29 is 0 Å². The van der Waals surface area contributed by atoms with E-state index >= 15 is 0 Å². The number of amidine groups is 1. The Morgan fingerprint density at radius 3 is 2.67 bits per heavy atom. The quantitative estimate of drug-likeness (QED) is 0.520. The fraction of sp³-hybridized carbons (Fsp3) is 0.235. The molecular weight excluding hydrogens is 392 g/mol. The van der Waals surface area contributed by atoms with E-state index in [1.54, 1.807) is 0 Å². The maximum absolute atomic E-state index is 6.21. The molecule has 0 aliphatic rings. The van der Waals surface area contributed by atoms with Gasteiger partial charge in [-0.25, -0.2) is 4.99 Å². The number of hydrogen-bond donors (Lipinski definition) is 1. The Labute approximate surface area is 142 Å². The molecule has 2 aromatic carbocycles. The van der Waals surface area contributed by atoms with Gasteiger partial charge in [0.2, 0.25) is 0 Å². The molecule has 0 bridgehead atoms. The zero-order valence-corrected chi connectivity index (χ0v) is 15.3. The molecule has 0 spiro atoms. The van der Waals surface area contributed by atoms with Crippen LogP contribution in [0.3, 0.4) is 0 Å². The largest absolute Gasteiger partial charge is 0.387 e. The number of nitrogens with two attached hydrogens (primary N) is 1. The summed E-state index contributed by atoms with van der Waals surface area (Å²) in [6, 6.07) is 14.4. The molecule has 0 fully saturated rings. The Morgan fingerprint density at radius 1 is 1.19 bits per heavy atom. The topological polar surface area (TPSA) is 38.4 Å². The summed E-state index contributed by atoms with van der Waals surface area (Å²) in [5.41, 5.74) is 9.55. The normalized spacial score (nSPS) is 13.2. The Hall–Kier alpha value is -1.13. The number of aryl methyl sites for hydroxylation is 1. The van der Waals surface area contributed by atoms with Crippen LogP contribution in [-0.4, -0.2) is 5.84 Å². The lowest BCUT2D eigenvalue weighted by atomic mass is 9.97. The van der Waals surface area contributed by atoms with Gasteiger partial charge in [-0.2, -0.15) is 0 Å². The van der Waals surface area contributed by atoms with E-state index in [1.807, 2.05) is 18.2 Å². The minimum atomic E-state index is 0.0855. The predicted molar refractivity (Wildman–Crippen MR) is 97.4 cm³/mol. The average Bonchev–Trinajstić information content (AvgIpc) is 2.50. The minimum absolute atomic E-state index is 0.0855. The van der Waals surface area contributed by atoms with E-state index in [2.05, 4.69) is 75.0 Å². The van der Waals surface area contributed by atoms with E-state index < -0.39 is 0 Å². The number of nitrogens with zero attached hydrogens (tertiary/aromatic N) is 1. The fourth-order valence-corrected chi connectivity index (χ4v) is 2.74. The van der Waals surface area contributed by atoms with Crippen molar-refractivity contribution >= 4 is 43.4 Å². The highest BCUT2D eigenvalue weighted by atomic mass is 79.9.